The summed E-state index contributed by atoms with van der Waals surface area (Å²) in [5.74, 6) is 0. The first-order chi connectivity index (χ1) is 14.0. The molecule has 0 amide bonds. The zero-order valence-corrected chi connectivity index (χ0v) is 17.8. The van der Waals surface area contributed by atoms with E-state index in [1.54, 1.807) is 30.6 Å². The highest BCUT2D eigenvalue weighted by Gasteiger charge is 2.46. The average molecular weight is 475 g/mol. The van der Waals surface area contributed by atoms with Crippen molar-refractivity contribution >= 4 is 46.3 Å². The predicted octanol–water partition coefficient (Wildman–Crippen LogP) is 2.48. The van der Waals surface area contributed by atoms with Gasteiger partial charge in [0.1, 0.15) is 40.5 Å². The fourth-order valence-electron chi connectivity index (χ4n) is 3.08. The Morgan fingerprint density at radius 2 is 1.93 bits per heavy atom. The van der Waals surface area contributed by atoms with Crippen molar-refractivity contribution in [2.24, 2.45) is 0 Å². The van der Waals surface area contributed by atoms with E-state index >= 15 is 0 Å². The van der Waals surface area contributed by atoms with Gasteiger partial charge in [-0.25, -0.2) is 9.67 Å². The minimum Gasteiger partial charge on any atom is -0.394 e. The fraction of sp³-hybridized carbons (Fsp3) is 0.353. The van der Waals surface area contributed by atoms with Crippen molar-refractivity contribution in [2.45, 2.75) is 34.7 Å². The second-order valence-corrected chi connectivity index (χ2v) is 9.28. The van der Waals surface area contributed by atoms with Gasteiger partial charge in [0.2, 0.25) is 0 Å². The molecule has 3 N–H and O–H groups in total. The first-order valence-corrected chi connectivity index (χ1v) is 11.0. The van der Waals surface area contributed by atoms with Gasteiger partial charge in [-0.15, -0.1) is 16.4 Å². The Kier molecular flexibility index (Phi) is 6.42. The number of aliphatic hydroxyl groups excluding tert-OH is 3. The molecule has 29 heavy (non-hydrogen) atoms. The van der Waals surface area contributed by atoms with E-state index in [-0.39, 0.29) is 0 Å². The molecule has 4 rings (SSSR count). The van der Waals surface area contributed by atoms with E-state index in [9.17, 15) is 15.3 Å². The molecule has 0 radical (unpaired) electrons. The van der Waals surface area contributed by atoms with E-state index in [1.165, 1.54) is 27.8 Å². The third-order valence-corrected chi connectivity index (χ3v) is 6.77. The van der Waals surface area contributed by atoms with E-state index in [1.807, 2.05) is 5.38 Å². The summed E-state index contributed by atoms with van der Waals surface area (Å²) in [7, 11) is 0. The zero-order valence-electron chi connectivity index (χ0n) is 14.7. The van der Waals surface area contributed by atoms with Crippen molar-refractivity contribution in [1.29, 1.82) is 0 Å². The topological polar surface area (TPSA) is 114 Å². The molecule has 0 saturated carbocycles. The summed E-state index contributed by atoms with van der Waals surface area (Å²) in [6, 6.07) is 4.11. The smallest absolute Gasteiger partial charge is 0.145 e. The summed E-state index contributed by atoms with van der Waals surface area (Å²) in [4.78, 5) is 4.87. The molecule has 154 valence electrons. The number of halogens is 2. The van der Waals surface area contributed by atoms with Crippen LogP contribution in [-0.2, 0) is 4.74 Å². The largest absolute Gasteiger partial charge is 0.394 e. The number of benzene rings is 1. The molecule has 0 bridgehead atoms. The minimum atomic E-state index is -1.19. The van der Waals surface area contributed by atoms with Gasteiger partial charge < -0.3 is 20.1 Å². The van der Waals surface area contributed by atoms with Crippen LogP contribution in [0.1, 0.15) is 6.04 Å². The summed E-state index contributed by atoms with van der Waals surface area (Å²) < 4.78 is 7.11. The van der Waals surface area contributed by atoms with E-state index in [2.05, 4.69) is 15.3 Å². The highest BCUT2D eigenvalue weighted by Crippen LogP contribution is 2.39. The molecule has 0 spiro atoms. The van der Waals surface area contributed by atoms with Gasteiger partial charge in [-0.2, -0.15) is 0 Å². The van der Waals surface area contributed by atoms with Crippen molar-refractivity contribution < 1.29 is 20.1 Å². The van der Waals surface area contributed by atoms with Crippen LogP contribution in [0.3, 0.4) is 0 Å². The molecule has 1 saturated heterocycles. The molecular formula is C17H16Cl2N4O4S2. The standard InChI is InChI=1S/C17H16Cl2N4O4S2/c18-8-3-9(19)5-10(4-8)29-17-15(26)13(14(25)12(7-24)27-17)23-6-11(21-22-23)16-20-1-2-28-16/h1-6,12-15,17,24-26H,7H2/t12?,13-,14-,15?,17+/m0/s1. The molecule has 1 aliphatic heterocycles. The van der Waals surface area contributed by atoms with Crippen molar-refractivity contribution in [3.63, 3.8) is 0 Å². The second-order valence-electron chi connectivity index (χ2n) is 6.34. The molecule has 1 aliphatic rings. The molecule has 3 aromatic rings. The summed E-state index contributed by atoms with van der Waals surface area (Å²) in [5.41, 5.74) is -0.278. The van der Waals surface area contributed by atoms with E-state index in [0.717, 1.165) is 0 Å². The zero-order chi connectivity index (χ0) is 20.5. The first-order valence-electron chi connectivity index (χ1n) is 8.53. The number of nitrogens with zero attached hydrogens (tertiary/aromatic N) is 4. The molecule has 3 heterocycles. The van der Waals surface area contributed by atoms with Gasteiger partial charge in [0.25, 0.3) is 0 Å². The summed E-state index contributed by atoms with van der Waals surface area (Å²) in [5, 5.41) is 42.8. The fourth-order valence-corrected chi connectivity index (χ4v) is 5.48. The number of rotatable bonds is 5. The maximum atomic E-state index is 11.0. The van der Waals surface area contributed by atoms with Gasteiger partial charge in [0.15, 0.2) is 0 Å². The SMILES string of the molecule is OCC1O[C@H](Sc2cc(Cl)cc(Cl)c2)C(O)[C@@H](n2cc(-c3nccs3)nn2)[C@H]1O. The van der Waals surface area contributed by atoms with Gasteiger partial charge in [0, 0.05) is 26.5 Å². The van der Waals surface area contributed by atoms with Crippen LogP contribution in [-0.4, -0.2) is 65.7 Å². The average Bonchev–Trinajstić information content (AvgIpc) is 3.35. The third-order valence-electron chi connectivity index (χ3n) is 4.40. The van der Waals surface area contributed by atoms with Crippen LogP contribution in [0, 0.1) is 0 Å². The number of aromatic nitrogens is 4. The molecule has 2 unspecified atom stereocenters. The van der Waals surface area contributed by atoms with Gasteiger partial charge in [-0.3, -0.25) is 0 Å². The Bertz CT molecular complexity index is 954. The van der Waals surface area contributed by atoms with E-state index in [0.29, 0.717) is 25.6 Å². The quantitative estimate of drug-likeness (QED) is 0.516. The van der Waals surface area contributed by atoms with Gasteiger partial charge >= 0.3 is 0 Å². The Morgan fingerprint density at radius 3 is 2.59 bits per heavy atom. The molecular weight excluding hydrogens is 459 g/mol. The number of thiazole rings is 1. The highest BCUT2D eigenvalue weighted by molar-refractivity contribution is 7.99. The molecule has 2 aromatic heterocycles. The van der Waals surface area contributed by atoms with Crippen LogP contribution in [0.5, 0.6) is 0 Å². The van der Waals surface area contributed by atoms with Gasteiger partial charge in [-0.05, 0) is 18.2 Å². The monoisotopic (exact) mass is 474 g/mol. The molecule has 1 fully saturated rings. The number of aliphatic hydroxyl groups is 3. The number of ether oxygens (including phenoxy) is 1. The lowest BCUT2D eigenvalue weighted by Gasteiger charge is -2.41. The molecule has 5 atom stereocenters. The van der Waals surface area contributed by atoms with Crippen LogP contribution in [0.25, 0.3) is 10.7 Å². The van der Waals surface area contributed by atoms with Crippen LogP contribution in [0.15, 0.2) is 40.9 Å². The van der Waals surface area contributed by atoms with E-state index < -0.39 is 36.4 Å². The van der Waals surface area contributed by atoms with Crippen molar-refractivity contribution in [2.75, 3.05) is 6.61 Å². The maximum Gasteiger partial charge on any atom is 0.145 e. The van der Waals surface area contributed by atoms with Crippen molar-refractivity contribution in [1.82, 2.24) is 20.0 Å². The number of thioether (sulfide) groups is 1. The molecule has 1 aromatic carbocycles. The predicted molar refractivity (Wildman–Crippen MR) is 110 cm³/mol. The van der Waals surface area contributed by atoms with Crippen LogP contribution in [0.4, 0.5) is 0 Å². The second kappa shape index (κ2) is 8.86. The first kappa shape index (κ1) is 21.0. The Morgan fingerprint density at radius 1 is 1.17 bits per heavy atom. The van der Waals surface area contributed by atoms with Crippen LogP contribution in [0.2, 0.25) is 10.0 Å². The third kappa shape index (κ3) is 4.44. The number of hydrogen-bond acceptors (Lipinski definition) is 9. The normalized spacial score (nSPS) is 27.3. The summed E-state index contributed by atoms with van der Waals surface area (Å²) in [6.45, 7) is -0.425. The lowest BCUT2D eigenvalue weighted by Crippen LogP contribution is -2.55. The lowest BCUT2D eigenvalue weighted by molar-refractivity contribution is -0.178. The van der Waals surface area contributed by atoms with Crippen molar-refractivity contribution in [3.8, 4) is 10.7 Å². The molecule has 0 aliphatic carbocycles. The van der Waals surface area contributed by atoms with Gasteiger partial charge in [-0.1, -0.05) is 40.2 Å². The Balaban J connectivity index is 1.62. The van der Waals surface area contributed by atoms with Gasteiger partial charge in [0.05, 0.1) is 12.8 Å². The van der Waals surface area contributed by atoms with Crippen molar-refractivity contribution in [3.05, 3.63) is 46.0 Å². The molecule has 8 nitrogen and oxygen atoms in total. The highest BCUT2D eigenvalue weighted by atomic mass is 35.5. The summed E-state index contributed by atoms with van der Waals surface area (Å²) >= 11 is 14.7. The summed E-state index contributed by atoms with van der Waals surface area (Å²) in [6.07, 6.45) is 0.000195. The Hall–Kier alpha value is -1.24. The Labute approximate surface area is 184 Å². The lowest BCUT2D eigenvalue weighted by atomic mass is 9.97. The van der Waals surface area contributed by atoms with E-state index in [4.69, 9.17) is 27.9 Å². The van der Waals surface area contributed by atoms with Crippen LogP contribution < -0.4 is 0 Å². The molecule has 12 heteroatoms. The number of hydrogen-bond donors (Lipinski definition) is 3. The maximum absolute atomic E-state index is 11.0. The van der Waals surface area contributed by atoms with Crippen LogP contribution >= 0.6 is 46.3 Å². The minimum absolute atomic E-state index is 0.425.